The normalized spacial score (nSPS) is 11.2. The molecule has 5 aromatic rings. The summed E-state index contributed by atoms with van der Waals surface area (Å²) in [4.78, 5) is 12.5. The average Bonchev–Trinajstić information content (AvgIpc) is 3.15. The van der Waals surface area contributed by atoms with Gasteiger partial charge in [-0.3, -0.25) is 0 Å². The molecule has 0 N–H and O–H groups in total. The van der Waals surface area contributed by atoms with Crippen molar-refractivity contribution >= 4 is 21.9 Å². The molecule has 0 atom stereocenters. The second-order valence-corrected chi connectivity index (χ2v) is 6.07. The highest BCUT2D eigenvalue weighted by atomic mass is 16.5. The number of aromatic nitrogens is 1. The molecule has 0 fully saturated rings. The zero-order valence-electron chi connectivity index (χ0n) is 13.7. The van der Waals surface area contributed by atoms with Gasteiger partial charge in [-0.2, -0.15) is 0 Å². The van der Waals surface area contributed by atoms with Crippen LogP contribution in [-0.4, -0.2) is 5.16 Å². The van der Waals surface area contributed by atoms with Crippen LogP contribution >= 0.6 is 0 Å². The van der Waals surface area contributed by atoms with Crippen molar-refractivity contribution in [1.29, 1.82) is 0 Å². The molecule has 0 bridgehead atoms. The molecule has 5 rings (SSSR count). The van der Waals surface area contributed by atoms with E-state index in [4.69, 9.17) is 8.94 Å². The fourth-order valence-corrected chi connectivity index (χ4v) is 3.21. The van der Waals surface area contributed by atoms with Gasteiger partial charge in [0.15, 0.2) is 5.58 Å². The summed E-state index contributed by atoms with van der Waals surface area (Å²) in [7, 11) is 0. The highest BCUT2D eigenvalue weighted by Gasteiger charge is 2.19. The lowest BCUT2D eigenvalue weighted by molar-refractivity contribution is 0.460. The van der Waals surface area contributed by atoms with Gasteiger partial charge in [0, 0.05) is 5.56 Å². The van der Waals surface area contributed by atoms with E-state index >= 15 is 0 Å². The Labute approximate surface area is 148 Å². The Morgan fingerprint density at radius 1 is 0.731 bits per heavy atom. The molecule has 2 aromatic heterocycles. The van der Waals surface area contributed by atoms with Crippen molar-refractivity contribution in [3.8, 4) is 22.4 Å². The van der Waals surface area contributed by atoms with E-state index in [-0.39, 0.29) is 0 Å². The molecule has 0 saturated heterocycles. The van der Waals surface area contributed by atoms with Crippen molar-refractivity contribution in [1.82, 2.24) is 5.16 Å². The highest BCUT2D eigenvalue weighted by molar-refractivity contribution is 6.06. The Bertz CT molecular complexity index is 1290. The molecule has 0 aliphatic carbocycles. The number of nitrogens with zero attached hydrogens (tertiary/aromatic N) is 1. The van der Waals surface area contributed by atoms with Crippen LogP contribution in [0.5, 0.6) is 0 Å². The summed E-state index contributed by atoms with van der Waals surface area (Å²) in [6.07, 6.45) is 0. The second kappa shape index (κ2) is 5.70. The monoisotopic (exact) mass is 339 g/mol. The number of hydrogen-bond acceptors (Lipinski definition) is 4. The Morgan fingerprint density at radius 2 is 1.42 bits per heavy atom. The van der Waals surface area contributed by atoms with E-state index in [0.717, 1.165) is 22.1 Å². The summed E-state index contributed by atoms with van der Waals surface area (Å²) in [6.45, 7) is 0. The third-order valence-corrected chi connectivity index (χ3v) is 4.48. The van der Waals surface area contributed by atoms with Gasteiger partial charge in [-0.15, -0.1) is 0 Å². The highest BCUT2D eigenvalue weighted by Crippen LogP contribution is 2.32. The van der Waals surface area contributed by atoms with Gasteiger partial charge in [0.05, 0.1) is 5.39 Å². The van der Waals surface area contributed by atoms with Crippen molar-refractivity contribution < 1.29 is 8.94 Å². The largest absolute Gasteiger partial charge is 0.422 e. The van der Waals surface area contributed by atoms with Crippen molar-refractivity contribution in [2.24, 2.45) is 0 Å². The molecule has 2 heterocycles. The maximum Gasteiger partial charge on any atom is 0.349 e. The van der Waals surface area contributed by atoms with Crippen LogP contribution < -0.4 is 5.63 Å². The van der Waals surface area contributed by atoms with Crippen LogP contribution in [0.15, 0.2) is 92.6 Å². The first kappa shape index (κ1) is 14.7. The predicted molar refractivity (Wildman–Crippen MR) is 101 cm³/mol. The standard InChI is InChI=1S/C22H13NO3/c24-22-19-20(15-9-5-2-6-10-15)23-26-21(19)17-13-16(11-12-18(17)25-22)14-7-3-1-4-8-14/h1-13H. The van der Waals surface area contributed by atoms with Gasteiger partial charge in [0.25, 0.3) is 0 Å². The zero-order chi connectivity index (χ0) is 17.5. The van der Waals surface area contributed by atoms with Crippen molar-refractivity contribution in [2.45, 2.75) is 0 Å². The Kier molecular flexibility index (Phi) is 3.22. The van der Waals surface area contributed by atoms with E-state index in [1.807, 2.05) is 72.8 Å². The quantitative estimate of drug-likeness (QED) is 0.411. The molecule has 124 valence electrons. The lowest BCUT2D eigenvalue weighted by atomic mass is 10.0. The first-order valence-electron chi connectivity index (χ1n) is 8.28. The lowest BCUT2D eigenvalue weighted by Gasteiger charge is -2.03. The SMILES string of the molecule is O=c1oc2ccc(-c3ccccc3)cc2c2onc(-c3ccccc3)c12. The van der Waals surface area contributed by atoms with Gasteiger partial charge in [0.2, 0.25) is 0 Å². The molecule has 0 saturated carbocycles. The van der Waals surface area contributed by atoms with Gasteiger partial charge in [-0.1, -0.05) is 71.9 Å². The molecule has 26 heavy (non-hydrogen) atoms. The number of fused-ring (bicyclic) bond motifs is 3. The zero-order valence-corrected chi connectivity index (χ0v) is 13.7. The average molecular weight is 339 g/mol. The molecule has 0 radical (unpaired) electrons. The van der Waals surface area contributed by atoms with Crippen LogP contribution in [0, 0.1) is 0 Å². The number of rotatable bonds is 2. The summed E-state index contributed by atoms with van der Waals surface area (Å²) in [6, 6.07) is 25.2. The molecule has 0 unspecified atom stereocenters. The number of hydrogen-bond donors (Lipinski definition) is 0. The van der Waals surface area contributed by atoms with E-state index in [9.17, 15) is 4.79 Å². The summed E-state index contributed by atoms with van der Waals surface area (Å²) in [5.74, 6) is 0. The van der Waals surface area contributed by atoms with Gasteiger partial charge < -0.3 is 8.94 Å². The van der Waals surface area contributed by atoms with E-state index in [2.05, 4.69) is 5.16 Å². The summed E-state index contributed by atoms with van der Waals surface area (Å²) in [5.41, 5.74) is 3.91. The van der Waals surface area contributed by atoms with Gasteiger partial charge in [-0.05, 0) is 23.3 Å². The van der Waals surface area contributed by atoms with Crippen LogP contribution in [0.1, 0.15) is 0 Å². The third kappa shape index (κ3) is 2.24. The van der Waals surface area contributed by atoms with Gasteiger partial charge >= 0.3 is 5.63 Å². The molecule has 0 aliphatic rings. The lowest BCUT2D eigenvalue weighted by Crippen LogP contribution is -1.99. The Balaban J connectivity index is 1.82. The third-order valence-electron chi connectivity index (χ3n) is 4.48. The molecule has 4 nitrogen and oxygen atoms in total. The fraction of sp³-hybridized carbons (Fsp3) is 0. The van der Waals surface area contributed by atoms with E-state index in [0.29, 0.717) is 22.2 Å². The van der Waals surface area contributed by atoms with Gasteiger partial charge in [-0.25, -0.2) is 4.79 Å². The van der Waals surface area contributed by atoms with E-state index < -0.39 is 5.63 Å². The molecule has 0 amide bonds. The second-order valence-electron chi connectivity index (χ2n) is 6.07. The molecule has 0 aliphatic heterocycles. The maximum atomic E-state index is 12.5. The summed E-state index contributed by atoms with van der Waals surface area (Å²) in [5, 5.41) is 5.25. The van der Waals surface area contributed by atoms with Gasteiger partial charge in [0.1, 0.15) is 16.7 Å². The maximum absolute atomic E-state index is 12.5. The minimum absolute atomic E-state index is 0.369. The van der Waals surface area contributed by atoms with E-state index in [1.165, 1.54) is 0 Å². The smallest absolute Gasteiger partial charge is 0.349 e. The first-order valence-corrected chi connectivity index (χ1v) is 8.28. The van der Waals surface area contributed by atoms with Crippen LogP contribution in [0.2, 0.25) is 0 Å². The fourth-order valence-electron chi connectivity index (χ4n) is 3.21. The van der Waals surface area contributed by atoms with Crippen LogP contribution in [0.3, 0.4) is 0 Å². The van der Waals surface area contributed by atoms with Crippen molar-refractivity contribution in [3.05, 3.63) is 89.3 Å². The summed E-state index contributed by atoms with van der Waals surface area (Å²) >= 11 is 0. The number of benzene rings is 3. The molecular weight excluding hydrogens is 326 g/mol. The van der Waals surface area contributed by atoms with Crippen molar-refractivity contribution in [2.75, 3.05) is 0 Å². The van der Waals surface area contributed by atoms with Crippen LogP contribution in [0.4, 0.5) is 0 Å². The molecule has 0 spiro atoms. The molecule has 4 heteroatoms. The minimum Gasteiger partial charge on any atom is -0.422 e. The Hall–Kier alpha value is -3.66. The topological polar surface area (TPSA) is 56.2 Å². The van der Waals surface area contributed by atoms with Crippen LogP contribution in [-0.2, 0) is 0 Å². The molecule has 3 aromatic carbocycles. The predicted octanol–water partition coefficient (Wildman–Crippen LogP) is 5.27. The summed E-state index contributed by atoms with van der Waals surface area (Å²) < 4.78 is 11.1. The first-order chi connectivity index (χ1) is 12.8. The van der Waals surface area contributed by atoms with E-state index in [1.54, 1.807) is 6.07 Å². The van der Waals surface area contributed by atoms with Crippen molar-refractivity contribution in [3.63, 3.8) is 0 Å². The Morgan fingerprint density at radius 3 is 2.15 bits per heavy atom. The molecular formula is C22H13NO3. The van der Waals surface area contributed by atoms with Crippen LogP contribution in [0.25, 0.3) is 44.3 Å². The minimum atomic E-state index is -0.444.